The largest absolute Gasteiger partial charge is 0.491 e. The van der Waals surface area contributed by atoms with Gasteiger partial charge in [-0.3, -0.25) is 4.79 Å². The minimum Gasteiger partial charge on any atom is -0.491 e. The molecule has 1 amide bonds. The van der Waals surface area contributed by atoms with Crippen molar-refractivity contribution >= 4 is 11.6 Å². The molecule has 1 aliphatic heterocycles. The molecular formula is C13H18N2O2. The maximum absolute atomic E-state index is 12.3. The number of amides is 1. The van der Waals surface area contributed by atoms with Crippen molar-refractivity contribution in [2.45, 2.75) is 25.8 Å². The Labute approximate surface area is 101 Å². The molecule has 2 rings (SSSR count). The number of nitrogens with zero attached hydrogens (tertiary/aromatic N) is 1. The van der Waals surface area contributed by atoms with E-state index >= 15 is 0 Å². The van der Waals surface area contributed by atoms with E-state index < -0.39 is 5.54 Å². The van der Waals surface area contributed by atoms with Gasteiger partial charge in [0.15, 0.2) is 0 Å². The molecule has 0 radical (unpaired) electrons. The second kappa shape index (κ2) is 4.37. The van der Waals surface area contributed by atoms with Crippen LogP contribution in [0.15, 0.2) is 24.3 Å². The van der Waals surface area contributed by atoms with Crippen molar-refractivity contribution in [3.8, 4) is 5.75 Å². The third kappa shape index (κ3) is 2.42. The first-order valence-corrected chi connectivity index (χ1v) is 5.83. The molecule has 1 heterocycles. The average molecular weight is 234 g/mol. The summed E-state index contributed by atoms with van der Waals surface area (Å²) < 4.78 is 5.61. The first-order chi connectivity index (χ1) is 8.00. The van der Waals surface area contributed by atoms with E-state index in [-0.39, 0.29) is 5.91 Å². The fourth-order valence-corrected chi connectivity index (χ4v) is 1.89. The SMILES string of the molecule is CC(C)(N)C(=O)N1CCCOc2ccccc21. The molecule has 2 N–H and O–H groups in total. The van der Waals surface area contributed by atoms with Gasteiger partial charge in [-0.2, -0.15) is 0 Å². The van der Waals surface area contributed by atoms with Gasteiger partial charge in [0.1, 0.15) is 5.75 Å². The number of anilines is 1. The topological polar surface area (TPSA) is 55.6 Å². The second-order valence-corrected chi connectivity index (χ2v) is 4.85. The van der Waals surface area contributed by atoms with Crippen LogP contribution in [0.1, 0.15) is 20.3 Å². The number of ether oxygens (including phenoxy) is 1. The monoisotopic (exact) mass is 234 g/mol. The fourth-order valence-electron chi connectivity index (χ4n) is 1.89. The van der Waals surface area contributed by atoms with Gasteiger partial charge in [0, 0.05) is 6.54 Å². The lowest BCUT2D eigenvalue weighted by Crippen LogP contribution is -2.51. The average Bonchev–Trinajstić information content (AvgIpc) is 2.48. The Morgan fingerprint density at radius 1 is 1.41 bits per heavy atom. The summed E-state index contributed by atoms with van der Waals surface area (Å²) >= 11 is 0. The van der Waals surface area contributed by atoms with Crippen LogP contribution in [0.2, 0.25) is 0 Å². The zero-order valence-electron chi connectivity index (χ0n) is 10.3. The van der Waals surface area contributed by atoms with Crippen LogP contribution in [-0.2, 0) is 4.79 Å². The number of nitrogens with two attached hydrogens (primary N) is 1. The number of fused-ring (bicyclic) bond motifs is 1. The highest BCUT2D eigenvalue weighted by atomic mass is 16.5. The highest BCUT2D eigenvalue weighted by molar-refractivity contribution is 6.00. The van der Waals surface area contributed by atoms with Gasteiger partial charge < -0.3 is 15.4 Å². The van der Waals surface area contributed by atoms with Crippen LogP contribution in [0.3, 0.4) is 0 Å². The summed E-state index contributed by atoms with van der Waals surface area (Å²) in [6.07, 6.45) is 0.816. The van der Waals surface area contributed by atoms with Crippen molar-refractivity contribution in [3.63, 3.8) is 0 Å². The second-order valence-electron chi connectivity index (χ2n) is 4.85. The van der Waals surface area contributed by atoms with Gasteiger partial charge in [0.2, 0.25) is 5.91 Å². The van der Waals surface area contributed by atoms with Crippen LogP contribution >= 0.6 is 0 Å². The molecule has 4 heteroatoms. The van der Waals surface area contributed by atoms with Gasteiger partial charge >= 0.3 is 0 Å². The van der Waals surface area contributed by atoms with Crippen molar-refractivity contribution in [2.24, 2.45) is 5.73 Å². The maximum atomic E-state index is 12.3. The van der Waals surface area contributed by atoms with Crippen LogP contribution in [0.25, 0.3) is 0 Å². The fraction of sp³-hybridized carbons (Fsp3) is 0.462. The van der Waals surface area contributed by atoms with Crippen LogP contribution in [0.5, 0.6) is 5.75 Å². The minimum absolute atomic E-state index is 0.0737. The van der Waals surface area contributed by atoms with E-state index in [0.717, 1.165) is 17.9 Å². The van der Waals surface area contributed by atoms with Crippen LogP contribution in [-0.4, -0.2) is 24.6 Å². The lowest BCUT2D eigenvalue weighted by Gasteiger charge is -2.28. The number of carbonyl (C=O) groups is 1. The van der Waals surface area contributed by atoms with Crippen LogP contribution < -0.4 is 15.4 Å². The number of hydrogen-bond acceptors (Lipinski definition) is 3. The molecule has 0 saturated carbocycles. The van der Waals surface area contributed by atoms with Crippen LogP contribution in [0.4, 0.5) is 5.69 Å². The molecule has 0 bridgehead atoms. The number of rotatable bonds is 1. The summed E-state index contributed by atoms with van der Waals surface area (Å²) in [5.74, 6) is 0.679. The molecule has 0 saturated heterocycles. The molecule has 1 aromatic carbocycles. The summed E-state index contributed by atoms with van der Waals surface area (Å²) in [6.45, 7) is 4.73. The zero-order valence-corrected chi connectivity index (χ0v) is 10.3. The lowest BCUT2D eigenvalue weighted by atomic mass is 10.0. The minimum atomic E-state index is -0.864. The van der Waals surface area contributed by atoms with E-state index in [9.17, 15) is 4.79 Å². The highest BCUT2D eigenvalue weighted by Crippen LogP contribution is 2.31. The first kappa shape index (κ1) is 11.9. The van der Waals surface area contributed by atoms with Crippen molar-refractivity contribution in [1.82, 2.24) is 0 Å². The number of para-hydroxylation sites is 2. The Hall–Kier alpha value is -1.55. The first-order valence-electron chi connectivity index (χ1n) is 5.83. The molecule has 0 aliphatic carbocycles. The molecule has 0 spiro atoms. The standard InChI is InChI=1S/C13H18N2O2/c1-13(2,14)12(16)15-8-5-9-17-11-7-4-3-6-10(11)15/h3-4,6-7H,5,8-9,14H2,1-2H3. The predicted molar refractivity (Wildman–Crippen MR) is 67.2 cm³/mol. The van der Waals surface area contributed by atoms with E-state index in [1.165, 1.54) is 0 Å². The van der Waals surface area contributed by atoms with Crippen molar-refractivity contribution < 1.29 is 9.53 Å². The Bertz CT molecular complexity index is 424. The molecule has 0 atom stereocenters. The van der Waals surface area contributed by atoms with Gasteiger partial charge in [-0.05, 0) is 32.4 Å². The molecule has 0 aromatic heterocycles. The van der Waals surface area contributed by atoms with Gasteiger partial charge in [-0.15, -0.1) is 0 Å². The summed E-state index contributed by atoms with van der Waals surface area (Å²) in [6, 6.07) is 7.58. The Balaban J connectivity index is 2.38. The molecular weight excluding hydrogens is 216 g/mol. The molecule has 17 heavy (non-hydrogen) atoms. The van der Waals surface area contributed by atoms with E-state index in [1.54, 1.807) is 18.7 Å². The Kier molecular flexibility index (Phi) is 3.07. The number of benzene rings is 1. The quantitative estimate of drug-likeness (QED) is 0.802. The van der Waals surface area contributed by atoms with E-state index in [1.807, 2.05) is 24.3 Å². The smallest absolute Gasteiger partial charge is 0.246 e. The van der Waals surface area contributed by atoms with Gasteiger partial charge in [0.25, 0.3) is 0 Å². The summed E-state index contributed by atoms with van der Waals surface area (Å²) in [7, 11) is 0. The Morgan fingerprint density at radius 3 is 2.82 bits per heavy atom. The van der Waals surface area contributed by atoms with Gasteiger partial charge in [-0.1, -0.05) is 12.1 Å². The zero-order chi connectivity index (χ0) is 12.5. The lowest BCUT2D eigenvalue weighted by molar-refractivity contribution is -0.122. The van der Waals surface area contributed by atoms with E-state index in [0.29, 0.717) is 13.2 Å². The molecule has 0 fully saturated rings. The van der Waals surface area contributed by atoms with Gasteiger partial charge in [0.05, 0.1) is 17.8 Å². The molecule has 4 nitrogen and oxygen atoms in total. The maximum Gasteiger partial charge on any atom is 0.246 e. The molecule has 92 valence electrons. The van der Waals surface area contributed by atoms with E-state index in [2.05, 4.69) is 0 Å². The summed E-state index contributed by atoms with van der Waals surface area (Å²) in [5, 5.41) is 0. The molecule has 1 aromatic rings. The van der Waals surface area contributed by atoms with Gasteiger partial charge in [-0.25, -0.2) is 0 Å². The van der Waals surface area contributed by atoms with Crippen molar-refractivity contribution in [2.75, 3.05) is 18.1 Å². The third-order valence-corrected chi connectivity index (χ3v) is 2.74. The van der Waals surface area contributed by atoms with E-state index in [4.69, 9.17) is 10.5 Å². The normalized spacial score (nSPS) is 15.8. The summed E-state index contributed by atoms with van der Waals surface area (Å²) in [5.41, 5.74) is 5.84. The molecule has 1 aliphatic rings. The van der Waals surface area contributed by atoms with Crippen LogP contribution in [0, 0.1) is 0 Å². The van der Waals surface area contributed by atoms with Crippen molar-refractivity contribution in [1.29, 1.82) is 0 Å². The molecule has 0 unspecified atom stereocenters. The van der Waals surface area contributed by atoms with Crippen molar-refractivity contribution in [3.05, 3.63) is 24.3 Å². The number of hydrogen-bond donors (Lipinski definition) is 1. The summed E-state index contributed by atoms with van der Waals surface area (Å²) in [4.78, 5) is 14.0. The number of carbonyl (C=O) groups excluding carboxylic acids is 1. The third-order valence-electron chi connectivity index (χ3n) is 2.74. The predicted octanol–water partition coefficient (Wildman–Crippen LogP) is 1.54. The Morgan fingerprint density at radius 2 is 2.12 bits per heavy atom. The highest BCUT2D eigenvalue weighted by Gasteiger charge is 2.31.